The molecule has 0 radical (unpaired) electrons. The molecule has 0 fully saturated rings. The third kappa shape index (κ3) is 4.92. The minimum absolute atomic E-state index is 0.0726. The lowest BCUT2D eigenvalue weighted by Gasteiger charge is -2.36. The fraction of sp³-hybridized carbons (Fsp3) is 0.281. The van der Waals surface area contributed by atoms with Crippen molar-refractivity contribution in [1.82, 2.24) is 4.90 Å². The van der Waals surface area contributed by atoms with E-state index in [0.29, 0.717) is 35.5 Å². The highest BCUT2D eigenvalue weighted by atomic mass is 16.3. The van der Waals surface area contributed by atoms with Gasteiger partial charge in [-0.1, -0.05) is 61.5 Å². The molecule has 206 valence electrons. The Morgan fingerprint density at radius 3 is 2.50 bits per heavy atom. The van der Waals surface area contributed by atoms with E-state index in [9.17, 15) is 24.6 Å². The largest absolute Gasteiger partial charge is 0.394 e. The maximum atomic E-state index is 13.3. The molecule has 0 saturated carbocycles. The van der Waals surface area contributed by atoms with Gasteiger partial charge < -0.3 is 25.3 Å². The molecule has 0 unspecified atom stereocenters. The summed E-state index contributed by atoms with van der Waals surface area (Å²) >= 11 is 0. The highest BCUT2D eigenvalue weighted by molar-refractivity contribution is 6.08. The molecule has 2 heterocycles. The topological polar surface area (TPSA) is 110 Å². The van der Waals surface area contributed by atoms with Crippen molar-refractivity contribution in [3.8, 4) is 0 Å². The van der Waals surface area contributed by atoms with E-state index in [1.807, 2.05) is 30.3 Å². The summed E-state index contributed by atoms with van der Waals surface area (Å²) in [6, 6.07) is 21.4. The van der Waals surface area contributed by atoms with E-state index in [1.165, 1.54) is 4.90 Å². The second-order valence-corrected chi connectivity index (χ2v) is 10.4. The predicted octanol–water partition coefficient (Wildman–Crippen LogP) is 3.63. The Morgan fingerprint density at radius 2 is 1.77 bits per heavy atom. The highest BCUT2D eigenvalue weighted by Gasteiger charge is 2.51. The summed E-state index contributed by atoms with van der Waals surface area (Å²) in [5.74, 6) is -1.57. The molecule has 0 aromatic heterocycles. The van der Waals surface area contributed by atoms with Gasteiger partial charge in [-0.2, -0.15) is 0 Å². The van der Waals surface area contributed by atoms with E-state index < -0.39 is 17.4 Å². The molecule has 0 aliphatic carbocycles. The van der Waals surface area contributed by atoms with E-state index in [1.54, 1.807) is 73.5 Å². The van der Waals surface area contributed by atoms with Crippen LogP contribution in [-0.4, -0.2) is 52.5 Å². The number of hydrogen-bond donors (Lipinski definition) is 3. The average molecular weight is 540 g/mol. The number of amides is 3. The van der Waals surface area contributed by atoms with Crippen LogP contribution in [0.15, 0.2) is 84.9 Å². The lowest BCUT2D eigenvalue weighted by atomic mass is 9.82. The van der Waals surface area contributed by atoms with Gasteiger partial charge in [0.05, 0.1) is 18.3 Å². The normalized spacial score (nSPS) is 20.8. The maximum Gasteiger partial charge on any atom is 0.264 e. The predicted molar refractivity (Wildman–Crippen MR) is 153 cm³/mol. The summed E-state index contributed by atoms with van der Waals surface area (Å²) in [6.45, 7) is 2.03. The van der Waals surface area contributed by atoms with Crippen LogP contribution in [0.25, 0.3) is 0 Å². The molecule has 3 atom stereocenters. The van der Waals surface area contributed by atoms with Crippen molar-refractivity contribution in [1.29, 1.82) is 0 Å². The van der Waals surface area contributed by atoms with Gasteiger partial charge >= 0.3 is 0 Å². The Bertz CT molecular complexity index is 1470. The molecule has 0 spiro atoms. The second-order valence-electron chi connectivity index (χ2n) is 10.4. The zero-order valence-electron chi connectivity index (χ0n) is 22.6. The van der Waals surface area contributed by atoms with E-state index >= 15 is 0 Å². The number of benzene rings is 3. The number of rotatable bonds is 7. The van der Waals surface area contributed by atoms with Crippen LogP contribution < -0.4 is 10.2 Å². The molecular weight excluding hydrogens is 506 g/mol. The van der Waals surface area contributed by atoms with E-state index in [2.05, 4.69) is 5.32 Å². The van der Waals surface area contributed by atoms with Gasteiger partial charge in [0.25, 0.3) is 11.8 Å². The molecule has 0 saturated heterocycles. The SMILES string of the molecule is C[C@H](/C=C/CC(=O)N1Cc2ccccc2C[C@H]1CO)[C@@]1(O)C(=O)N(C)c2ccc(NC(=O)c3ccccc3)cc21. The van der Waals surface area contributed by atoms with Crippen LogP contribution in [0.5, 0.6) is 0 Å². The van der Waals surface area contributed by atoms with E-state index in [-0.39, 0.29) is 30.9 Å². The molecule has 5 rings (SSSR count). The Hall–Kier alpha value is -4.27. The van der Waals surface area contributed by atoms with Gasteiger partial charge in [-0.15, -0.1) is 0 Å². The summed E-state index contributed by atoms with van der Waals surface area (Å²) in [4.78, 5) is 42.2. The van der Waals surface area contributed by atoms with E-state index in [4.69, 9.17) is 0 Å². The number of aliphatic hydroxyl groups excluding tert-OH is 1. The first-order chi connectivity index (χ1) is 19.2. The minimum atomic E-state index is -1.87. The summed E-state index contributed by atoms with van der Waals surface area (Å²) in [5, 5.41) is 24.5. The molecule has 3 aromatic rings. The molecule has 2 aliphatic rings. The maximum absolute atomic E-state index is 13.3. The number of likely N-dealkylation sites (N-methyl/N-ethyl adjacent to an activating group) is 1. The number of fused-ring (bicyclic) bond motifs is 2. The van der Waals surface area contributed by atoms with Gasteiger partial charge in [0, 0.05) is 42.7 Å². The summed E-state index contributed by atoms with van der Waals surface area (Å²) in [7, 11) is 1.60. The lowest BCUT2D eigenvalue weighted by molar-refractivity contribution is -0.139. The first-order valence-corrected chi connectivity index (χ1v) is 13.4. The van der Waals surface area contributed by atoms with Gasteiger partial charge in [0.15, 0.2) is 5.60 Å². The number of anilines is 2. The fourth-order valence-corrected chi connectivity index (χ4v) is 5.60. The molecule has 3 amide bonds. The molecule has 8 heteroatoms. The molecule has 2 aliphatic heterocycles. The highest BCUT2D eigenvalue weighted by Crippen LogP contribution is 2.45. The van der Waals surface area contributed by atoms with Crippen molar-refractivity contribution < 1.29 is 24.6 Å². The zero-order valence-corrected chi connectivity index (χ0v) is 22.6. The van der Waals surface area contributed by atoms with Gasteiger partial charge in [-0.3, -0.25) is 14.4 Å². The number of carbonyl (C=O) groups is 3. The van der Waals surface area contributed by atoms with Crippen molar-refractivity contribution in [3.63, 3.8) is 0 Å². The number of hydrogen-bond acceptors (Lipinski definition) is 5. The Morgan fingerprint density at radius 1 is 1.07 bits per heavy atom. The molecule has 3 aromatic carbocycles. The number of nitrogens with zero attached hydrogens (tertiary/aromatic N) is 2. The Kier molecular flexibility index (Phi) is 7.56. The van der Waals surface area contributed by atoms with Crippen LogP contribution in [0.2, 0.25) is 0 Å². The quantitative estimate of drug-likeness (QED) is 0.397. The van der Waals surface area contributed by atoms with Crippen molar-refractivity contribution in [2.75, 3.05) is 23.9 Å². The number of carbonyl (C=O) groups excluding carboxylic acids is 3. The van der Waals surface area contributed by atoms with Gasteiger partial charge in [0.1, 0.15) is 0 Å². The Balaban J connectivity index is 1.32. The van der Waals surface area contributed by atoms with Crippen LogP contribution >= 0.6 is 0 Å². The number of nitrogens with one attached hydrogen (secondary N) is 1. The lowest BCUT2D eigenvalue weighted by Crippen LogP contribution is -2.46. The molecule has 0 bridgehead atoms. The third-order valence-electron chi connectivity index (χ3n) is 7.96. The Labute approximate surface area is 233 Å². The van der Waals surface area contributed by atoms with Crippen molar-refractivity contribution in [2.24, 2.45) is 5.92 Å². The van der Waals surface area contributed by atoms with Crippen LogP contribution in [0.4, 0.5) is 11.4 Å². The molecule has 8 nitrogen and oxygen atoms in total. The summed E-state index contributed by atoms with van der Waals surface area (Å²) < 4.78 is 0. The third-order valence-corrected chi connectivity index (χ3v) is 7.96. The monoisotopic (exact) mass is 539 g/mol. The van der Waals surface area contributed by atoms with E-state index in [0.717, 1.165) is 11.1 Å². The van der Waals surface area contributed by atoms with Crippen LogP contribution in [0, 0.1) is 5.92 Å². The van der Waals surface area contributed by atoms with Gasteiger partial charge in [-0.25, -0.2) is 0 Å². The summed E-state index contributed by atoms with van der Waals surface area (Å²) in [5.41, 5.74) is 2.24. The molecular formula is C32H33N3O5. The first-order valence-electron chi connectivity index (χ1n) is 13.4. The number of aliphatic hydroxyl groups is 2. The van der Waals surface area contributed by atoms with Crippen LogP contribution in [0.1, 0.15) is 40.4 Å². The van der Waals surface area contributed by atoms with Gasteiger partial charge in [0.2, 0.25) is 5.91 Å². The standard InChI is InChI=1S/C32H33N3O5/c1-21(9-8-14-29(37)35-19-24-13-7-6-12-23(24)17-26(35)20-36)32(40)27-18-25(15-16-28(27)34(2)31(32)39)33-30(38)22-10-4-3-5-11-22/h3-13,15-16,18,21,26,36,40H,14,17,19-20H2,1-2H3,(H,33,38)/b9-8+/t21-,26+,32+/m1/s1. The van der Waals surface area contributed by atoms with Crippen LogP contribution in [-0.2, 0) is 28.2 Å². The first kappa shape index (κ1) is 27.3. The smallest absolute Gasteiger partial charge is 0.264 e. The second kappa shape index (κ2) is 11.1. The minimum Gasteiger partial charge on any atom is -0.394 e. The van der Waals surface area contributed by atoms with Crippen molar-refractivity contribution >= 4 is 29.1 Å². The van der Waals surface area contributed by atoms with Crippen molar-refractivity contribution in [3.05, 3.63) is 107 Å². The fourth-order valence-electron chi connectivity index (χ4n) is 5.60. The zero-order chi connectivity index (χ0) is 28.4. The molecule has 40 heavy (non-hydrogen) atoms. The van der Waals surface area contributed by atoms with Crippen molar-refractivity contribution in [2.45, 2.75) is 38.0 Å². The van der Waals surface area contributed by atoms with Gasteiger partial charge in [-0.05, 0) is 47.9 Å². The average Bonchev–Trinajstić information content (AvgIpc) is 3.17. The summed E-state index contributed by atoms with van der Waals surface area (Å²) in [6.07, 6.45) is 4.02. The van der Waals surface area contributed by atoms with Crippen LogP contribution in [0.3, 0.4) is 0 Å². The molecule has 3 N–H and O–H groups in total.